The molecule has 0 unspecified atom stereocenters. The zero-order chi connectivity index (χ0) is 19.4. The Morgan fingerprint density at radius 1 is 1.33 bits per heavy atom. The number of hydrogen-bond acceptors (Lipinski definition) is 5. The molecule has 2 aliphatic heterocycles. The van der Waals surface area contributed by atoms with E-state index >= 15 is 0 Å². The molecule has 0 bridgehead atoms. The van der Waals surface area contributed by atoms with Gasteiger partial charge in [-0.15, -0.1) is 0 Å². The van der Waals surface area contributed by atoms with E-state index < -0.39 is 12.1 Å². The first-order valence-corrected chi connectivity index (χ1v) is 9.80. The number of amides is 2. The van der Waals surface area contributed by atoms with Crippen molar-refractivity contribution in [3.63, 3.8) is 0 Å². The van der Waals surface area contributed by atoms with Gasteiger partial charge in [0.1, 0.15) is 6.04 Å². The molecular formula is C20H30N4O3. The van der Waals surface area contributed by atoms with Crippen molar-refractivity contribution in [3.05, 3.63) is 30.1 Å². The van der Waals surface area contributed by atoms with Gasteiger partial charge in [-0.05, 0) is 43.7 Å². The average molecular weight is 374 g/mol. The molecular weight excluding hydrogens is 344 g/mol. The van der Waals surface area contributed by atoms with E-state index in [4.69, 9.17) is 5.73 Å². The van der Waals surface area contributed by atoms with Crippen LogP contribution in [0.15, 0.2) is 24.4 Å². The third kappa shape index (κ3) is 4.65. The standard InChI is InChI=1S/C20H30N4O3/c1-15(25)18(21)19(27)23-12-8-20(9-13-23)7-5-17(26)24(14-20)11-6-16-4-2-3-10-22-16/h2-4,10,15,18,25H,5-9,11-14,21H2,1H3/t15-,18+/m0/s1. The summed E-state index contributed by atoms with van der Waals surface area (Å²) in [4.78, 5) is 32.8. The summed E-state index contributed by atoms with van der Waals surface area (Å²) in [7, 11) is 0. The van der Waals surface area contributed by atoms with Gasteiger partial charge in [-0.25, -0.2) is 0 Å². The van der Waals surface area contributed by atoms with Crippen molar-refractivity contribution in [2.75, 3.05) is 26.2 Å². The first-order valence-electron chi connectivity index (χ1n) is 9.80. The average Bonchev–Trinajstić information content (AvgIpc) is 2.69. The summed E-state index contributed by atoms with van der Waals surface area (Å²) < 4.78 is 0. The zero-order valence-corrected chi connectivity index (χ0v) is 16.0. The van der Waals surface area contributed by atoms with E-state index in [9.17, 15) is 14.7 Å². The first kappa shape index (κ1) is 19.8. The van der Waals surface area contributed by atoms with Gasteiger partial charge in [0.05, 0.1) is 6.10 Å². The molecule has 3 N–H and O–H groups in total. The van der Waals surface area contributed by atoms with Crippen molar-refractivity contribution in [3.8, 4) is 0 Å². The summed E-state index contributed by atoms with van der Waals surface area (Å²) in [6.45, 7) is 4.26. The van der Waals surface area contributed by atoms with Crippen LogP contribution in [0.25, 0.3) is 0 Å². The summed E-state index contributed by atoms with van der Waals surface area (Å²) >= 11 is 0. The molecule has 2 saturated heterocycles. The summed E-state index contributed by atoms with van der Waals surface area (Å²) in [6, 6.07) is 4.98. The van der Waals surface area contributed by atoms with E-state index in [-0.39, 0.29) is 17.2 Å². The minimum absolute atomic E-state index is 0.0870. The number of pyridine rings is 1. The number of likely N-dealkylation sites (tertiary alicyclic amines) is 2. The van der Waals surface area contributed by atoms with Crippen molar-refractivity contribution in [2.24, 2.45) is 11.1 Å². The van der Waals surface area contributed by atoms with Crippen LogP contribution in [0.3, 0.4) is 0 Å². The van der Waals surface area contributed by atoms with Gasteiger partial charge in [-0.1, -0.05) is 6.07 Å². The summed E-state index contributed by atoms with van der Waals surface area (Å²) in [5.74, 6) is 0.0323. The number of aliphatic hydroxyl groups excluding tert-OH is 1. The van der Waals surface area contributed by atoms with Gasteiger partial charge in [0.15, 0.2) is 0 Å². The minimum Gasteiger partial charge on any atom is -0.391 e. The van der Waals surface area contributed by atoms with Gasteiger partial charge in [-0.3, -0.25) is 14.6 Å². The highest BCUT2D eigenvalue weighted by atomic mass is 16.3. The van der Waals surface area contributed by atoms with Crippen molar-refractivity contribution in [1.82, 2.24) is 14.8 Å². The quantitative estimate of drug-likeness (QED) is 0.785. The second-order valence-electron chi connectivity index (χ2n) is 7.98. The number of carbonyl (C=O) groups is 2. The number of aliphatic hydroxyl groups is 1. The molecule has 0 radical (unpaired) electrons. The van der Waals surface area contributed by atoms with E-state index in [1.165, 1.54) is 0 Å². The van der Waals surface area contributed by atoms with E-state index in [2.05, 4.69) is 4.98 Å². The number of rotatable bonds is 5. The molecule has 7 heteroatoms. The fraction of sp³-hybridized carbons (Fsp3) is 0.650. The first-order chi connectivity index (χ1) is 12.9. The molecule has 3 rings (SSSR count). The molecule has 1 spiro atoms. The second-order valence-corrected chi connectivity index (χ2v) is 7.98. The highest BCUT2D eigenvalue weighted by Gasteiger charge is 2.42. The highest BCUT2D eigenvalue weighted by molar-refractivity contribution is 5.82. The molecule has 0 aromatic carbocycles. The number of piperidine rings is 2. The van der Waals surface area contributed by atoms with Gasteiger partial charge in [0, 0.05) is 50.9 Å². The number of hydrogen-bond donors (Lipinski definition) is 2. The normalized spacial score (nSPS) is 22.0. The molecule has 7 nitrogen and oxygen atoms in total. The van der Waals surface area contributed by atoms with Crippen LogP contribution in [0, 0.1) is 5.41 Å². The van der Waals surface area contributed by atoms with Crippen LogP contribution in [0.2, 0.25) is 0 Å². The van der Waals surface area contributed by atoms with Gasteiger partial charge < -0.3 is 20.6 Å². The van der Waals surface area contributed by atoms with E-state index in [1.807, 2.05) is 23.1 Å². The Hall–Kier alpha value is -1.99. The SMILES string of the molecule is C[C@H](O)[C@@H](N)C(=O)N1CCC2(CCC(=O)N(CCc3ccccn3)C2)CC1. The number of carbonyl (C=O) groups excluding carboxylic acids is 2. The second kappa shape index (κ2) is 8.35. The van der Waals surface area contributed by atoms with Crippen LogP contribution in [0.1, 0.15) is 38.3 Å². The third-order valence-corrected chi connectivity index (χ3v) is 6.05. The van der Waals surface area contributed by atoms with Crippen molar-refractivity contribution in [1.29, 1.82) is 0 Å². The van der Waals surface area contributed by atoms with E-state index in [0.29, 0.717) is 26.1 Å². The fourth-order valence-corrected chi connectivity index (χ4v) is 4.13. The lowest BCUT2D eigenvalue weighted by Gasteiger charge is -2.47. The lowest BCUT2D eigenvalue weighted by Crippen LogP contribution is -2.56. The maximum Gasteiger partial charge on any atom is 0.242 e. The minimum atomic E-state index is -0.859. The van der Waals surface area contributed by atoms with E-state index in [1.54, 1.807) is 18.0 Å². The van der Waals surface area contributed by atoms with Crippen LogP contribution >= 0.6 is 0 Å². The Balaban J connectivity index is 1.56. The molecule has 148 valence electrons. The maximum absolute atomic E-state index is 12.4. The van der Waals surface area contributed by atoms with Crippen LogP contribution in [0.4, 0.5) is 0 Å². The van der Waals surface area contributed by atoms with Crippen LogP contribution in [-0.2, 0) is 16.0 Å². The van der Waals surface area contributed by atoms with Gasteiger partial charge in [0.25, 0.3) is 0 Å². The Kier molecular flexibility index (Phi) is 6.11. The monoisotopic (exact) mass is 374 g/mol. The molecule has 1 aromatic heterocycles. The molecule has 0 saturated carbocycles. The lowest BCUT2D eigenvalue weighted by atomic mass is 9.72. The smallest absolute Gasteiger partial charge is 0.242 e. The Bertz CT molecular complexity index is 656. The molecule has 3 heterocycles. The van der Waals surface area contributed by atoms with Gasteiger partial charge in [-0.2, -0.15) is 0 Å². The zero-order valence-electron chi connectivity index (χ0n) is 16.0. The van der Waals surface area contributed by atoms with Crippen LogP contribution in [0.5, 0.6) is 0 Å². The number of nitrogens with two attached hydrogens (primary N) is 1. The number of nitrogens with zero attached hydrogens (tertiary/aromatic N) is 3. The molecule has 1 aromatic rings. The summed E-state index contributed by atoms with van der Waals surface area (Å²) in [6.07, 6.45) is 4.90. The predicted molar refractivity (Wildman–Crippen MR) is 102 cm³/mol. The van der Waals surface area contributed by atoms with E-state index in [0.717, 1.165) is 37.9 Å². The molecule has 2 atom stereocenters. The van der Waals surface area contributed by atoms with Crippen molar-refractivity contribution in [2.45, 2.75) is 51.2 Å². The van der Waals surface area contributed by atoms with Crippen molar-refractivity contribution >= 4 is 11.8 Å². The fourth-order valence-electron chi connectivity index (χ4n) is 4.13. The molecule has 27 heavy (non-hydrogen) atoms. The van der Waals surface area contributed by atoms with Gasteiger partial charge >= 0.3 is 0 Å². The Morgan fingerprint density at radius 3 is 2.70 bits per heavy atom. The third-order valence-electron chi connectivity index (χ3n) is 6.05. The highest BCUT2D eigenvalue weighted by Crippen LogP contribution is 2.40. The van der Waals surface area contributed by atoms with Crippen LogP contribution in [-0.4, -0.2) is 70.0 Å². The van der Waals surface area contributed by atoms with Crippen molar-refractivity contribution < 1.29 is 14.7 Å². The molecule has 2 amide bonds. The predicted octanol–water partition coefficient (Wildman–Crippen LogP) is 0.563. The number of aromatic nitrogens is 1. The summed E-state index contributed by atoms with van der Waals surface area (Å²) in [5.41, 5.74) is 6.88. The maximum atomic E-state index is 12.4. The molecule has 2 fully saturated rings. The molecule has 2 aliphatic rings. The van der Waals surface area contributed by atoms with Crippen LogP contribution < -0.4 is 5.73 Å². The topological polar surface area (TPSA) is 99.8 Å². The Labute approximate surface area is 160 Å². The lowest BCUT2D eigenvalue weighted by molar-refractivity contribution is -0.143. The Morgan fingerprint density at radius 2 is 2.07 bits per heavy atom. The summed E-state index contributed by atoms with van der Waals surface area (Å²) in [5, 5.41) is 9.56. The largest absolute Gasteiger partial charge is 0.391 e. The van der Waals surface area contributed by atoms with Gasteiger partial charge in [0.2, 0.25) is 11.8 Å². The molecule has 0 aliphatic carbocycles.